The Morgan fingerprint density at radius 3 is 2.40 bits per heavy atom. The minimum atomic E-state index is -0.858. The van der Waals surface area contributed by atoms with Crippen molar-refractivity contribution in [3.63, 3.8) is 0 Å². The van der Waals surface area contributed by atoms with E-state index in [0.717, 1.165) is 0 Å². The summed E-state index contributed by atoms with van der Waals surface area (Å²) in [5, 5.41) is 3.52. The van der Waals surface area contributed by atoms with Crippen molar-refractivity contribution < 1.29 is 9.59 Å². The zero-order valence-corrected chi connectivity index (χ0v) is 8.91. The van der Waals surface area contributed by atoms with Gasteiger partial charge in [0.15, 0.2) is 0 Å². The summed E-state index contributed by atoms with van der Waals surface area (Å²) >= 11 is 5.87. The lowest BCUT2D eigenvalue weighted by molar-refractivity contribution is -0.119. The number of urea groups is 1. The van der Waals surface area contributed by atoms with Crippen LogP contribution in [0.1, 0.15) is 10.9 Å². The van der Waals surface area contributed by atoms with Crippen LogP contribution in [0.5, 0.6) is 0 Å². The van der Waals surface area contributed by atoms with Gasteiger partial charge in [0.2, 0.25) is 0 Å². The van der Waals surface area contributed by atoms with Gasteiger partial charge in [0.25, 0.3) is 5.91 Å². The Hall–Kier alpha value is -1.55. The summed E-state index contributed by atoms with van der Waals surface area (Å²) in [4.78, 5) is 22.3. The molecule has 0 fully saturated rings. The van der Waals surface area contributed by atoms with E-state index in [0.29, 0.717) is 5.56 Å². The number of carbonyl (C=O) groups excluding carboxylic acids is 2. The molecule has 0 radical (unpaired) electrons. The van der Waals surface area contributed by atoms with E-state index in [9.17, 15) is 9.59 Å². The predicted octanol–water partition coefficient (Wildman–Crippen LogP) is 1.42. The van der Waals surface area contributed by atoms with Crippen LogP contribution in [-0.4, -0.2) is 19.0 Å². The number of imide groups is 1. The molecular formula is C10H11ClN2O2. The summed E-state index contributed by atoms with van der Waals surface area (Å²) in [5.74, 6) is -0.540. The number of nitrogens with one attached hydrogen (secondary N) is 2. The average molecular weight is 227 g/mol. The van der Waals surface area contributed by atoms with Crippen molar-refractivity contribution in [1.82, 2.24) is 10.6 Å². The molecule has 0 spiro atoms. The van der Waals surface area contributed by atoms with Gasteiger partial charge in [0.1, 0.15) is 5.38 Å². The number of rotatable bonds is 2. The topological polar surface area (TPSA) is 58.2 Å². The zero-order valence-electron chi connectivity index (χ0n) is 8.16. The van der Waals surface area contributed by atoms with Crippen molar-refractivity contribution in [2.45, 2.75) is 5.38 Å². The quantitative estimate of drug-likeness (QED) is 0.750. The van der Waals surface area contributed by atoms with Crippen molar-refractivity contribution in [3.05, 3.63) is 35.9 Å². The van der Waals surface area contributed by atoms with E-state index < -0.39 is 17.3 Å². The number of hydrogen-bond acceptors (Lipinski definition) is 2. The van der Waals surface area contributed by atoms with Crippen LogP contribution in [0.2, 0.25) is 0 Å². The van der Waals surface area contributed by atoms with E-state index in [-0.39, 0.29) is 0 Å². The second-order valence-electron chi connectivity index (χ2n) is 2.84. The molecule has 0 saturated carbocycles. The summed E-state index contributed by atoms with van der Waals surface area (Å²) in [6.07, 6.45) is 0. The molecule has 4 nitrogen and oxygen atoms in total. The number of halogens is 1. The molecule has 80 valence electrons. The lowest BCUT2D eigenvalue weighted by atomic mass is 10.1. The van der Waals surface area contributed by atoms with Gasteiger partial charge in [-0.15, -0.1) is 11.6 Å². The fourth-order valence-corrected chi connectivity index (χ4v) is 1.21. The molecular weight excluding hydrogens is 216 g/mol. The number of benzene rings is 1. The van der Waals surface area contributed by atoms with Crippen LogP contribution >= 0.6 is 11.6 Å². The Bertz CT molecular complexity index is 354. The molecule has 0 aliphatic rings. The first kappa shape index (κ1) is 11.5. The number of amides is 3. The largest absolute Gasteiger partial charge is 0.341 e. The summed E-state index contributed by atoms with van der Waals surface area (Å²) in [6, 6.07) is 8.25. The maximum Gasteiger partial charge on any atom is 0.321 e. The fourth-order valence-electron chi connectivity index (χ4n) is 1.01. The van der Waals surface area contributed by atoms with Gasteiger partial charge in [0, 0.05) is 7.05 Å². The lowest BCUT2D eigenvalue weighted by Gasteiger charge is -2.09. The molecule has 0 aromatic heterocycles. The molecule has 5 heteroatoms. The molecule has 3 amide bonds. The summed E-state index contributed by atoms with van der Waals surface area (Å²) in [5.41, 5.74) is 0.653. The molecule has 0 bridgehead atoms. The van der Waals surface area contributed by atoms with Crippen LogP contribution in [-0.2, 0) is 4.79 Å². The Kier molecular flexibility index (Phi) is 4.12. The molecule has 0 aliphatic heterocycles. The molecule has 2 N–H and O–H groups in total. The van der Waals surface area contributed by atoms with E-state index in [4.69, 9.17) is 11.6 Å². The van der Waals surface area contributed by atoms with E-state index in [1.165, 1.54) is 7.05 Å². The van der Waals surface area contributed by atoms with Gasteiger partial charge in [-0.3, -0.25) is 10.1 Å². The summed E-state index contributed by atoms with van der Waals surface area (Å²) in [7, 11) is 1.42. The molecule has 0 heterocycles. The van der Waals surface area contributed by atoms with Crippen molar-refractivity contribution in [1.29, 1.82) is 0 Å². The summed E-state index contributed by atoms with van der Waals surface area (Å²) in [6.45, 7) is 0. The molecule has 1 unspecified atom stereocenters. The van der Waals surface area contributed by atoms with Crippen molar-refractivity contribution in [2.75, 3.05) is 7.05 Å². The molecule has 0 aliphatic carbocycles. The van der Waals surface area contributed by atoms with E-state index in [1.54, 1.807) is 24.3 Å². The predicted molar refractivity (Wildman–Crippen MR) is 57.6 cm³/mol. The minimum absolute atomic E-state index is 0.540. The Morgan fingerprint density at radius 2 is 1.87 bits per heavy atom. The minimum Gasteiger partial charge on any atom is -0.341 e. The third-order valence-corrected chi connectivity index (χ3v) is 2.24. The zero-order chi connectivity index (χ0) is 11.3. The van der Waals surface area contributed by atoms with Crippen molar-refractivity contribution >= 4 is 23.5 Å². The van der Waals surface area contributed by atoms with Crippen LogP contribution in [0.4, 0.5) is 4.79 Å². The van der Waals surface area contributed by atoms with Crippen molar-refractivity contribution in [2.24, 2.45) is 0 Å². The molecule has 1 aromatic rings. The molecule has 0 saturated heterocycles. The van der Waals surface area contributed by atoms with Crippen LogP contribution in [0.25, 0.3) is 0 Å². The smallest absolute Gasteiger partial charge is 0.321 e. The van der Waals surface area contributed by atoms with E-state index in [1.807, 2.05) is 6.07 Å². The summed E-state index contributed by atoms with van der Waals surface area (Å²) < 4.78 is 0. The number of carbonyl (C=O) groups is 2. The molecule has 15 heavy (non-hydrogen) atoms. The van der Waals surface area contributed by atoms with Gasteiger partial charge in [0.05, 0.1) is 0 Å². The third kappa shape index (κ3) is 3.25. The average Bonchev–Trinajstić information content (AvgIpc) is 2.29. The highest BCUT2D eigenvalue weighted by Gasteiger charge is 2.18. The van der Waals surface area contributed by atoms with Gasteiger partial charge in [-0.25, -0.2) is 4.79 Å². The monoisotopic (exact) mass is 226 g/mol. The highest BCUT2D eigenvalue weighted by molar-refractivity contribution is 6.31. The first-order chi connectivity index (χ1) is 7.15. The van der Waals surface area contributed by atoms with Gasteiger partial charge in [-0.05, 0) is 5.56 Å². The Balaban J connectivity index is 2.65. The maximum absolute atomic E-state index is 11.4. The molecule has 1 atom stereocenters. The van der Waals surface area contributed by atoms with E-state index >= 15 is 0 Å². The Morgan fingerprint density at radius 1 is 1.27 bits per heavy atom. The first-order valence-corrected chi connectivity index (χ1v) is 4.80. The maximum atomic E-state index is 11.4. The van der Waals surface area contributed by atoms with E-state index in [2.05, 4.69) is 10.6 Å². The number of alkyl halides is 1. The SMILES string of the molecule is CNC(=O)NC(=O)C(Cl)c1ccccc1. The second-order valence-corrected chi connectivity index (χ2v) is 3.28. The van der Waals surface area contributed by atoms with Gasteiger partial charge < -0.3 is 5.32 Å². The standard InChI is InChI=1S/C10H11ClN2O2/c1-12-10(15)13-9(14)8(11)7-5-3-2-4-6-7/h2-6,8H,1H3,(H2,12,13,14,15). The Labute approximate surface area is 92.6 Å². The van der Waals surface area contributed by atoms with Gasteiger partial charge in [-0.2, -0.15) is 0 Å². The number of hydrogen-bond donors (Lipinski definition) is 2. The van der Waals surface area contributed by atoms with Crippen LogP contribution in [0, 0.1) is 0 Å². The second kappa shape index (κ2) is 5.36. The van der Waals surface area contributed by atoms with Crippen LogP contribution in [0.15, 0.2) is 30.3 Å². The molecule has 1 aromatic carbocycles. The highest BCUT2D eigenvalue weighted by Crippen LogP contribution is 2.19. The van der Waals surface area contributed by atoms with Crippen molar-refractivity contribution in [3.8, 4) is 0 Å². The van der Waals surface area contributed by atoms with Gasteiger partial charge in [-0.1, -0.05) is 30.3 Å². The van der Waals surface area contributed by atoms with Crippen LogP contribution < -0.4 is 10.6 Å². The van der Waals surface area contributed by atoms with Crippen LogP contribution in [0.3, 0.4) is 0 Å². The van der Waals surface area contributed by atoms with Gasteiger partial charge >= 0.3 is 6.03 Å². The lowest BCUT2D eigenvalue weighted by Crippen LogP contribution is -2.39. The molecule has 1 rings (SSSR count). The third-order valence-electron chi connectivity index (χ3n) is 1.79. The highest BCUT2D eigenvalue weighted by atomic mass is 35.5. The fraction of sp³-hybridized carbons (Fsp3) is 0.200. The normalized spacial score (nSPS) is 11.6. The first-order valence-electron chi connectivity index (χ1n) is 4.36.